The smallest absolute Gasteiger partial charge is 0.323 e. The molecule has 0 aliphatic rings. The van der Waals surface area contributed by atoms with Gasteiger partial charge in [-0.2, -0.15) is 5.10 Å². The Morgan fingerprint density at radius 1 is 1.60 bits per heavy atom. The molecule has 0 bridgehead atoms. The molecule has 82 valence electrons. The first-order chi connectivity index (χ1) is 6.99. The molecule has 1 N–H and O–H groups in total. The van der Waals surface area contributed by atoms with Crippen molar-refractivity contribution in [3.63, 3.8) is 0 Å². The summed E-state index contributed by atoms with van der Waals surface area (Å²) in [6.07, 6.45) is 3.50. The van der Waals surface area contributed by atoms with E-state index in [4.69, 9.17) is 5.11 Å². The SMILES string of the molecule is CN(CC(=O)O)C(=O)Cc1cnn(C)c1. The van der Waals surface area contributed by atoms with Gasteiger partial charge in [0, 0.05) is 20.3 Å². The van der Waals surface area contributed by atoms with Crippen molar-refractivity contribution < 1.29 is 14.7 Å². The van der Waals surface area contributed by atoms with Crippen LogP contribution in [-0.4, -0.2) is 45.3 Å². The number of rotatable bonds is 4. The number of hydrogen-bond acceptors (Lipinski definition) is 3. The van der Waals surface area contributed by atoms with Crippen molar-refractivity contribution in [2.45, 2.75) is 6.42 Å². The van der Waals surface area contributed by atoms with Gasteiger partial charge in [0.2, 0.25) is 5.91 Å². The number of nitrogens with zero attached hydrogens (tertiary/aromatic N) is 3. The largest absolute Gasteiger partial charge is 0.480 e. The first kappa shape index (κ1) is 11.2. The number of aromatic nitrogens is 2. The van der Waals surface area contributed by atoms with Crippen LogP contribution in [0.5, 0.6) is 0 Å². The molecule has 0 radical (unpaired) electrons. The van der Waals surface area contributed by atoms with Crippen molar-refractivity contribution in [3.05, 3.63) is 18.0 Å². The van der Waals surface area contributed by atoms with Crippen molar-refractivity contribution in [1.29, 1.82) is 0 Å². The highest BCUT2D eigenvalue weighted by Crippen LogP contribution is 2.00. The van der Waals surface area contributed by atoms with E-state index >= 15 is 0 Å². The first-order valence-electron chi connectivity index (χ1n) is 4.42. The Morgan fingerprint density at radius 3 is 2.73 bits per heavy atom. The lowest BCUT2D eigenvalue weighted by atomic mass is 10.2. The third-order valence-corrected chi connectivity index (χ3v) is 1.91. The van der Waals surface area contributed by atoms with Crippen molar-refractivity contribution in [3.8, 4) is 0 Å². The van der Waals surface area contributed by atoms with Crippen LogP contribution in [0.1, 0.15) is 5.56 Å². The number of amides is 1. The number of aliphatic carboxylic acids is 1. The van der Waals surface area contributed by atoms with E-state index in [1.54, 1.807) is 24.1 Å². The van der Waals surface area contributed by atoms with E-state index in [-0.39, 0.29) is 18.9 Å². The van der Waals surface area contributed by atoms with E-state index in [1.165, 1.54) is 11.9 Å². The van der Waals surface area contributed by atoms with Crippen LogP contribution >= 0.6 is 0 Å². The van der Waals surface area contributed by atoms with E-state index < -0.39 is 5.97 Å². The van der Waals surface area contributed by atoms with Gasteiger partial charge in [-0.05, 0) is 5.56 Å². The van der Waals surface area contributed by atoms with Crippen LogP contribution in [0, 0.1) is 0 Å². The molecule has 0 saturated heterocycles. The lowest BCUT2D eigenvalue weighted by Crippen LogP contribution is -2.32. The summed E-state index contributed by atoms with van der Waals surface area (Å²) in [5, 5.41) is 12.4. The predicted molar refractivity (Wildman–Crippen MR) is 52.2 cm³/mol. The maximum atomic E-state index is 11.5. The van der Waals surface area contributed by atoms with E-state index in [0.717, 1.165) is 5.56 Å². The summed E-state index contributed by atoms with van der Waals surface area (Å²) in [7, 11) is 3.22. The molecule has 1 aromatic rings. The Bertz CT molecular complexity index is 372. The quantitative estimate of drug-likeness (QED) is 0.728. The highest BCUT2D eigenvalue weighted by atomic mass is 16.4. The van der Waals surface area contributed by atoms with Crippen molar-refractivity contribution in [2.75, 3.05) is 13.6 Å². The minimum absolute atomic E-state index is 0.178. The molecule has 15 heavy (non-hydrogen) atoms. The fourth-order valence-corrected chi connectivity index (χ4v) is 1.16. The lowest BCUT2D eigenvalue weighted by molar-refractivity contribution is -0.143. The molecule has 0 spiro atoms. The minimum atomic E-state index is -1.02. The third-order valence-electron chi connectivity index (χ3n) is 1.91. The molecule has 0 fully saturated rings. The van der Waals surface area contributed by atoms with Gasteiger partial charge in [0.1, 0.15) is 6.54 Å². The average molecular weight is 211 g/mol. The number of hydrogen-bond donors (Lipinski definition) is 1. The number of carbonyl (C=O) groups excluding carboxylic acids is 1. The maximum absolute atomic E-state index is 11.5. The van der Waals surface area contributed by atoms with Crippen molar-refractivity contribution in [2.24, 2.45) is 7.05 Å². The van der Waals surface area contributed by atoms with Gasteiger partial charge in [-0.25, -0.2) is 0 Å². The Kier molecular flexibility index (Phi) is 3.43. The van der Waals surface area contributed by atoms with Gasteiger partial charge in [0.15, 0.2) is 0 Å². The molecule has 0 aromatic carbocycles. The number of carbonyl (C=O) groups is 2. The van der Waals surface area contributed by atoms with Gasteiger partial charge in [-0.15, -0.1) is 0 Å². The predicted octanol–water partition coefficient (Wildman–Crippen LogP) is -0.494. The molecule has 1 amide bonds. The maximum Gasteiger partial charge on any atom is 0.323 e. The third kappa shape index (κ3) is 3.41. The van der Waals surface area contributed by atoms with Gasteiger partial charge < -0.3 is 10.0 Å². The zero-order chi connectivity index (χ0) is 11.4. The van der Waals surface area contributed by atoms with Gasteiger partial charge in [0.05, 0.1) is 12.6 Å². The fraction of sp³-hybridized carbons (Fsp3) is 0.444. The van der Waals surface area contributed by atoms with Gasteiger partial charge in [-0.3, -0.25) is 14.3 Å². The van der Waals surface area contributed by atoms with E-state index in [1.807, 2.05) is 0 Å². The summed E-state index contributed by atoms with van der Waals surface area (Å²) in [5.74, 6) is -1.25. The highest BCUT2D eigenvalue weighted by molar-refractivity contribution is 5.82. The molecule has 1 heterocycles. The van der Waals surface area contributed by atoms with Crippen LogP contribution in [0.25, 0.3) is 0 Å². The normalized spacial score (nSPS) is 10.0. The molecule has 0 aliphatic heterocycles. The molecule has 1 rings (SSSR count). The number of carboxylic acid groups (broad SMARTS) is 1. The molecule has 6 heteroatoms. The second kappa shape index (κ2) is 4.59. The van der Waals surface area contributed by atoms with Crippen LogP contribution in [0.15, 0.2) is 12.4 Å². The summed E-state index contributed by atoms with van der Waals surface area (Å²) in [4.78, 5) is 23.0. The Hall–Kier alpha value is -1.85. The second-order valence-electron chi connectivity index (χ2n) is 3.34. The number of carboxylic acids is 1. The van der Waals surface area contributed by atoms with Gasteiger partial charge >= 0.3 is 5.97 Å². The molecule has 0 unspecified atom stereocenters. The zero-order valence-corrected chi connectivity index (χ0v) is 8.67. The molecule has 1 aromatic heterocycles. The zero-order valence-electron chi connectivity index (χ0n) is 8.67. The van der Waals surface area contributed by atoms with Crippen molar-refractivity contribution >= 4 is 11.9 Å². The van der Waals surface area contributed by atoms with Crippen LogP contribution in [0.3, 0.4) is 0 Å². The summed E-state index contributed by atoms with van der Waals surface area (Å²) >= 11 is 0. The Balaban J connectivity index is 2.52. The number of likely N-dealkylation sites (N-methyl/N-ethyl adjacent to an activating group) is 1. The van der Waals surface area contributed by atoms with Gasteiger partial charge in [-0.1, -0.05) is 0 Å². The highest BCUT2D eigenvalue weighted by Gasteiger charge is 2.13. The minimum Gasteiger partial charge on any atom is -0.480 e. The molecule has 0 aliphatic carbocycles. The summed E-state index contributed by atoms with van der Waals surface area (Å²) < 4.78 is 1.60. The van der Waals surface area contributed by atoms with Crippen LogP contribution in [0.4, 0.5) is 0 Å². The van der Waals surface area contributed by atoms with Crippen LogP contribution in [0.2, 0.25) is 0 Å². The molecule has 6 nitrogen and oxygen atoms in total. The lowest BCUT2D eigenvalue weighted by Gasteiger charge is -2.13. The molecular formula is C9H13N3O3. The summed E-state index contributed by atoms with van der Waals surface area (Å²) in [6.45, 7) is -0.279. The Morgan fingerprint density at radius 2 is 2.27 bits per heavy atom. The molecule has 0 saturated carbocycles. The average Bonchev–Trinajstić information content (AvgIpc) is 2.50. The van der Waals surface area contributed by atoms with Crippen LogP contribution in [-0.2, 0) is 23.1 Å². The van der Waals surface area contributed by atoms with E-state index in [2.05, 4.69) is 5.10 Å². The van der Waals surface area contributed by atoms with Crippen LogP contribution < -0.4 is 0 Å². The van der Waals surface area contributed by atoms with Crippen molar-refractivity contribution in [1.82, 2.24) is 14.7 Å². The summed E-state index contributed by atoms with van der Waals surface area (Å²) in [5.41, 5.74) is 0.778. The number of aryl methyl sites for hydroxylation is 1. The van der Waals surface area contributed by atoms with E-state index in [0.29, 0.717) is 0 Å². The first-order valence-corrected chi connectivity index (χ1v) is 4.42. The molecule has 0 atom stereocenters. The molecular weight excluding hydrogens is 198 g/mol. The van der Waals surface area contributed by atoms with E-state index in [9.17, 15) is 9.59 Å². The van der Waals surface area contributed by atoms with Gasteiger partial charge in [0.25, 0.3) is 0 Å². The fourth-order valence-electron chi connectivity index (χ4n) is 1.16. The topological polar surface area (TPSA) is 75.4 Å². The summed E-state index contributed by atoms with van der Waals surface area (Å²) in [6, 6.07) is 0. The standard InChI is InChI=1S/C9H13N3O3/c1-11(6-9(14)15)8(13)3-7-4-10-12(2)5-7/h4-5H,3,6H2,1-2H3,(H,14,15). The monoisotopic (exact) mass is 211 g/mol. The Labute approximate surface area is 87.1 Å². The second-order valence-corrected chi connectivity index (χ2v) is 3.34.